The van der Waals surface area contributed by atoms with E-state index < -0.39 is 0 Å². The average Bonchev–Trinajstić information content (AvgIpc) is 3.37. The molecule has 9 heteroatoms. The number of aromatic nitrogens is 4. The van der Waals surface area contributed by atoms with Crippen LogP contribution in [0, 0.1) is 6.92 Å². The Kier molecular flexibility index (Phi) is 6.32. The fourth-order valence-corrected chi connectivity index (χ4v) is 6.26. The van der Waals surface area contributed by atoms with Crippen LogP contribution in [0.5, 0.6) is 5.75 Å². The highest BCUT2D eigenvalue weighted by Crippen LogP contribution is 2.38. The van der Waals surface area contributed by atoms with Crippen LogP contribution in [0.25, 0.3) is 44.1 Å². The lowest BCUT2D eigenvalue weighted by Crippen LogP contribution is -2.50. The predicted molar refractivity (Wildman–Crippen MR) is 155 cm³/mol. The van der Waals surface area contributed by atoms with E-state index in [9.17, 15) is 4.79 Å². The van der Waals surface area contributed by atoms with Crippen molar-refractivity contribution in [3.05, 3.63) is 60.0 Å². The van der Waals surface area contributed by atoms with Crippen LogP contribution in [-0.4, -0.2) is 88.2 Å². The van der Waals surface area contributed by atoms with Crippen molar-refractivity contribution < 1.29 is 14.3 Å². The minimum atomic E-state index is -0.130. The van der Waals surface area contributed by atoms with Gasteiger partial charge in [-0.25, -0.2) is 9.97 Å². The minimum absolute atomic E-state index is 0.130. The van der Waals surface area contributed by atoms with Gasteiger partial charge in [0, 0.05) is 60.3 Å². The number of carbonyl (C=O) groups is 1. The molecule has 0 spiro atoms. The van der Waals surface area contributed by atoms with Crippen molar-refractivity contribution in [1.29, 1.82) is 0 Å². The summed E-state index contributed by atoms with van der Waals surface area (Å²) in [6.07, 6.45) is 3.69. The Labute approximate surface area is 232 Å². The van der Waals surface area contributed by atoms with Crippen LogP contribution in [-0.2, 0) is 4.74 Å². The summed E-state index contributed by atoms with van der Waals surface area (Å²) >= 11 is 0. The maximum Gasteiger partial charge on any atom is 0.291 e. The topological polar surface area (TPSA) is 96.5 Å². The number of aromatic amines is 1. The number of hydrogen-bond acceptors (Lipinski definition) is 7. The standard InChI is InChI=1S/C31H32N6O3/c1-19-17-25-23(18-26(19)39-2)27-28(22-7-10-32-24-6-4-3-5-21(22)24)34-30(35-29(27)33-25)31(38)37-11-8-20(9-12-37)36-13-15-40-16-14-36/h3-7,10,17-18,20H,8-9,11-16H2,1-2H3,(H,33,34,35). The van der Waals surface area contributed by atoms with E-state index in [4.69, 9.17) is 19.4 Å². The number of ether oxygens (including phenoxy) is 2. The molecule has 40 heavy (non-hydrogen) atoms. The molecular weight excluding hydrogens is 504 g/mol. The maximum atomic E-state index is 13.9. The van der Waals surface area contributed by atoms with Crippen molar-refractivity contribution in [2.24, 2.45) is 0 Å². The van der Waals surface area contributed by atoms with E-state index >= 15 is 0 Å². The number of nitrogens with zero attached hydrogens (tertiary/aromatic N) is 5. The van der Waals surface area contributed by atoms with Gasteiger partial charge in [0.1, 0.15) is 11.4 Å². The van der Waals surface area contributed by atoms with Gasteiger partial charge in [-0.1, -0.05) is 18.2 Å². The molecule has 2 aliphatic heterocycles. The molecule has 3 aromatic heterocycles. The number of carbonyl (C=O) groups excluding carboxylic acids is 1. The molecule has 9 nitrogen and oxygen atoms in total. The monoisotopic (exact) mass is 536 g/mol. The fraction of sp³-hybridized carbons (Fsp3) is 0.355. The second kappa shape index (κ2) is 10.1. The Morgan fingerprint density at radius 1 is 1.02 bits per heavy atom. The SMILES string of the molecule is COc1cc2c(cc1C)[nH]c1nc(C(=O)N3CCC(N4CCOCC4)CC3)nc(-c3ccnc4ccccc34)c12. The van der Waals surface area contributed by atoms with Gasteiger partial charge in [-0.05, 0) is 49.6 Å². The normalized spacial score (nSPS) is 17.2. The summed E-state index contributed by atoms with van der Waals surface area (Å²) in [4.78, 5) is 36.1. The first-order valence-corrected chi connectivity index (χ1v) is 13.9. The number of pyridine rings is 1. The molecule has 204 valence electrons. The molecule has 5 heterocycles. The molecule has 0 aliphatic carbocycles. The van der Waals surface area contributed by atoms with E-state index in [-0.39, 0.29) is 11.7 Å². The number of hydrogen-bond donors (Lipinski definition) is 1. The third-order valence-electron chi connectivity index (χ3n) is 8.38. The van der Waals surface area contributed by atoms with Crippen molar-refractivity contribution in [3.8, 4) is 17.0 Å². The van der Waals surface area contributed by atoms with Gasteiger partial charge in [0.05, 0.1) is 36.9 Å². The van der Waals surface area contributed by atoms with Crippen molar-refractivity contribution in [2.45, 2.75) is 25.8 Å². The number of H-pyrrole nitrogens is 1. The van der Waals surface area contributed by atoms with Crippen molar-refractivity contribution in [1.82, 2.24) is 29.7 Å². The lowest BCUT2D eigenvalue weighted by Gasteiger charge is -2.39. The third-order valence-corrected chi connectivity index (χ3v) is 8.38. The van der Waals surface area contributed by atoms with Gasteiger partial charge in [0.15, 0.2) is 0 Å². The Balaban J connectivity index is 1.33. The van der Waals surface area contributed by atoms with E-state index in [1.54, 1.807) is 13.3 Å². The summed E-state index contributed by atoms with van der Waals surface area (Å²) in [5, 5.41) is 2.80. The second-order valence-corrected chi connectivity index (χ2v) is 10.7. The highest BCUT2D eigenvalue weighted by Gasteiger charge is 2.30. The number of para-hydroxylation sites is 1. The van der Waals surface area contributed by atoms with Crippen molar-refractivity contribution in [3.63, 3.8) is 0 Å². The molecule has 0 atom stereocenters. The zero-order valence-electron chi connectivity index (χ0n) is 22.8. The molecular formula is C31H32N6O3. The van der Waals surface area contributed by atoms with Crippen LogP contribution in [0.15, 0.2) is 48.7 Å². The van der Waals surface area contributed by atoms with Crippen molar-refractivity contribution in [2.75, 3.05) is 46.5 Å². The zero-order valence-corrected chi connectivity index (χ0v) is 22.8. The summed E-state index contributed by atoms with van der Waals surface area (Å²) < 4.78 is 11.2. The van der Waals surface area contributed by atoms with Gasteiger partial charge in [-0.3, -0.25) is 14.7 Å². The van der Waals surface area contributed by atoms with E-state index in [1.807, 2.05) is 48.2 Å². The van der Waals surface area contributed by atoms with Gasteiger partial charge in [-0.2, -0.15) is 0 Å². The first-order chi connectivity index (χ1) is 19.6. The first kappa shape index (κ1) is 24.9. The molecule has 0 bridgehead atoms. The number of nitrogens with one attached hydrogen (secondary N) is 1. The van der Waals surface area contributed by atoms with Gasteiger partial charge < -0.3 is 19.4 Å². The van der Waals surface area contributed by atoms with Crippen LogP contribution in [0.4, 0.5) is 0 Å². The minimum Gasteiger partial charge on any atom is -0.496 e. The number of aryl methyl sites for hydroxylation is 1. The number of benzene rings is 2. The lowest BCUT2D eigenvalue weighted by molar-refractivity contribution is 0.00146. The molecule has 1 N–H and O–H groups in total. The van der Waals surface area contributed by atoms with Crippen LogP contribution < -0.4 is 4.74 Å². The van der Waals surface area contributed by atoms with E-state index in [1.165, 1.54) is 0 Å². The number of morpholine rings is 1. The summed E-state index contributed by atoms with van der Waals surface area (Å²) in [6, 6.07) is 14.5. The highest BCUT2D eigenvalue weighted by molar-refractivity contribution is 6.15. The summed E-state index contributed by atoms with van der Waals surface area (Å²) in [6.45, 7) is 6.91. The predicted octanol–water partition coefficient (Wildman–Crippen LogP) is 4.58. The molecule has 0 unspecified atom stereocenters. The Hall–Kier alpha value is -4.08. The molecule has 2 aliphatic rings. The number of methoxy groups -OCH3 is 1. The summed E-state index contributed by atoms with van der Waals surface area (Å²) in [7, 11) is 1.68. The molecule has 2 aromatic carbocycles. The Morgan fingerprint density at radius 2 is 1.82 bits per heavy atom. The van der Waals surface area contributed by atoms with Gasteiger partial charge in [0.25, 0.3) is 5.91 Å². The molecule has 2 saturated heterocycles. The number of rotatable bonds is 4. The largest absolute Gasteiger partial charge is 0.496 e. The summed E-state index contributed by atoms with van der Waals surface area (Å²) in [5.41, 5.74) is 5.09. The molecule has 0 radical (unpaired) electrons. The number of fused-ring (bicyclic) bond motifs is 4. The van der Waals surface area contributed by atoms with Crippen LogP contribution in [0.2, 0.25) is 0 Å². The smallest absolute Gasteiger partial charge is 0.291 e. The summed E-state index contributed by atoms with van der Waals surface area (Å²) in [5.74, 6) is 0.875. The molecule has 2 fully saturated rings. The zero-order chi connectivity index (χ0) is 27.2. The van der Waals surface area contributed by atoms with E-state index in [0.717, 1.165) is 83.2 Å². The lowest BCUT2D eigenvalue weighted by atomic mass is 10.0. The number of likely N-dealkylation sites (tertiary alicyclic amines) is 1. The number of amides is 1. The Morgan fingerprint density at radius 3 is 2.62 bits per heavy atom. The van der Waals surface area contributed by atoms with Crippen molar-refractivity contribution >= 4 is 38.7 Å². The van der Waals surface area contributed by atoms with Crippen LogP contribution >= 0.6 is 0 Å². The average molecular weight is 537 g/mol. The van der Waals surface area contributed by atoms with Crippen LogP contribution in [0.1, 0.15) is 29.0 Å². The molecule has 5 aromatic rings. The maximum absolute atomic E-state index is 13.9. The fourth-order valence-electron chi connectivity index (χ4n) is 6.26. The molecule has 1 amide bonds. The van der Waals surface area contributed by atoms with Gasteiger partial charge >= 0.3 is 0 Å². The van der Waals surface area contributed by atoms with Gasteiger partial charge in [0.2, 0.25) is 5.82 Å². The highest BCUT2D eigenvalue weighted by atomic mass is 16.5. The van der Waals surface area contributed by atoms with E-state index in [2.05, 4.69) is 20.9 Å². The molecule has 0 saturated carbocycles. The third kappa shape index (κ3) is 4.26. The van der Waals surface area contributed by atoms with E-state index in [0.29, 0.717) is 30.5 Å². The molecule has 7 rings (SSSR count). The first-order valence-electron chi connectivity index (χ1n) is 13.9. The quantitative estimate of drug-likeness (QED) is 0.359. The second-order valence-electron chi connectivity index (χ2n) is 10.7. The Bertz CT molecular complexity index is 1730. The number of piperidine rings is 1. The van der Waals surface area contributed by atoms with Crippen LogP contribution in [0.3, 0.4) is 0 Å². The van der Waals surface area contributed by atoms with Gasteiger partial charge in [-0.15, -0.1) is 0 Å².